The first-order chi connectivity index (χ1) is 17.7. The SMILES string of the molecule is CCCCNC(=O)[C@H](C)N(Cc1ccc(Br)cc1)C(=O)CN(c1ccccc1)S(=O)(=O)c1ccccc1. The molecule has 2 amide bonds. The lowest BCUT2D eigenvalue weighted by molar-refractivity contribution is -0.139. The third-order valence-electron chi connectivity index (χ3n) is 5.92. The number of benzene rings is 3. The number of anilines is 1. The molecule has 1 N–H and O–H groups in total. The maximum absolute atomic E-state index is 13.8. The number of unbranched alkanes of at least 4 members (excludes halogenated alkanes) is 1. The van der Waals surface area contributed by atoms with E-state index in [1.165, 1.54) is 17.0 Å². The fourth-order valence-electron chi connectivity index (χ4n) is 3.75. The van der Waals surface area contributed by atoms with Gasteiger partial charge in [-0.15, -0.1) is 0 Å². The van der Waals surface area contributed by atoms with Gasteiger partial charge in [0, 0.05) is 17.6 Å². The summed E-state index contributed by atoms with van der Waals surface area (Å²) >= 11 is 3.41. The van der Waals surface area contributed by atoms with E-state index in [1.807, 2.05) is 31.2 Å². The minimum absolute atomic E-state index is 0.0801. The molecule has 3 rings (SSSR count). The van der Waals surface area contributed by atoms with Crippen molar-refractivity contribution in [3.05, 3.63) is 95.0 Å². The minimum Gasteiger partial charge on any atom is -0.354 e. The van der Waals surface area contributed by atoms with Crippen LogP contribution >= 0.6 is 15.9 Å². The lowest BCUT2D eigenvalue weighted by Gasteiger charge is -2.32. The van der Waals surface area contributed by atoms with E-state index in [-0.39, 0.29) is 17.3 Å². The third kappa shape index (κ3) is 7.66. The van der Waals surface area contributed by atoms with Crippen molar-refractivity contribution in [2.24, 2.45) is 0 Å². The van der Waals surface area contributed by atoms with Crippen LogP contribution in [0.4, 0.5) is 5.69 Å². The molecule has 9 heteroatoms. The van der Waals surface area contributed by atoms with E-state index >= 15 is 0 Å². The lowest BCUT2D eigenvalue weighted by Crippen LogP contribution is -2.51. The van der Waals surface area contributed by atoms with Crippen LogP contribution in [-0.4, -0.2) is 44.3 Å². The minimum atomic E-state index is -4.05. The summed E-state index contributed by atoms with van der Waals surface area (Å²) in [6.45, 7) is 3.91. The summed E-state index contributed by atoms with van der Waals surface area (Å²) in [5, 5.41) is 2.88. The molecule has 0 unspecified atom stereocenters. The maximum Gasteiger partial charge on any atom is 0.264 e. The normalized spacial score (nSPS) is 12.0. The summed E-state index contributed by atoms with van der Waals surface area (Å²) in [5.41, 5.74) is 1.19. The number of nitrogens with zero attached hydrogens (tertiary/aromatic N) is 2. The van der Waals surface area contributed by atoms with Crippen molar-refractivity contribution < 1.29 is 18.0 Å². The fraction of sp³-hybridized carbons (Fsp3) is 0.286. The van der Waals surface area contributed by atoms with Gasteiger partial charge >= 0.3 is 0 Å². The Morgan fingerprint density at radius 3 is 2.11 bits per heavy atom. The van der Waals surface area contributed by atoms with E-state index < -0.39 is 28.5 Å². The number of para-hydroxylation sites is 1. The second-order valence-electron chi connectivity index (χ2n) is 8.63. The second kappa shape index (κ2) is 13.4. The van der Waals surface area contributed by atoms with Gasteiger partial charge in [-0.2, -0.15) is 0 Å². The van der Waals surface area contributed by atoms with Gasteiger partial charge in [-0.1, -0.05) is 77.8 Å². The Balaban J connectivity index is 1.95. The molecule has 0 fully saturated rings. The molecule has 37 heavy (non-hydrogen) atoms. The summed E-state index contributed by atoms with van der Waals surface area (Å²) in [6.07, 6.45) is 1.76. The van der Waals surface area contributed by atoms with Crippen LogP contribution in [-0.2, 0) is 26.2 Å². The Hall–Kier alpha value is -3.17. The van der Waals surface area contributed by atoms with Crippen molar-refractivity contribution in [1.29, 1.82) is 0 Å². The van der Waals surface area contributed by atoms with Gasteiger partial charge in [0.1, 0.15) is 12.6 Å². The van der Waals surface area contributed by atoms with Crippen LogP contribution in [0.15, 0.2) is 94.3 Å². The van der Waals surface area contributed by atoms with E-state index in [4.69, 9.17) is 0 Å². The van der Waals surface area contributed by atoms with Gasteiger partial charge in [-0.05, 0) is 55.3 Å². The molecule has 0 aromatic heterocycles. The van der Waals surface area contributed by atoms with Crippen LogP contribution in [0.3, 0.4) is 0 Å². The third-order valence-corrected chi connectivity index (χ3v) is 8.23. The van der Waals surface area contributed by atoms with Gasteiger partial charge in [0.15, 0.2) is 0 Å². The van der Waals surface area contributed by atoms with Crippen LogP contribution in [0.5, 0.6) is 0 Å². The second-order valence-corrected chi connectivity index (χ2v) is 11.4. The molecule has 0 aliphatic heterocycles. The number of hydrogen-bond donors (Lipinski definition) is 1. The first kappa shape index (κ1) is 28.4. The summed E-state index contributed by atoms with van der Waals surface area (Å²) < 4.78 is 29.3. The Bertz CT molecular complexity index is 1270. The summed E-state index contributed by atoms with van der Waals surface area (Å²) in [6, 6.07) is 23.2. The molecule has 0 saturated carbocycles. The molecule has 196 valence electrons. The molecular formula is C28H32BrN3O4S. The van der Waals surface area contributed by atoms with Gasteiger partial charge in [-0.3, -0.25) is 13.9 Å². The van der Waals surface area contributed by atoms with Crippen LogP contribution in [0, 0.1) is 0 Å². The predicted octanol–water partition coefficient (Wildman–Crippen LogP) is 4.98. The van der Waals surface area contributed by atoms with Gasteiger partial charge in [-0.25, -0.2) is 8.42 Å². The van der Waals surface area contributed by atoms with Gasteiger partial charge < -0.3 is 10.2 Å². The molecule has 0 aliphatic carbocycles. The highest BCUT2D eigenvalue weighted by molar-refractivity contribution is 9.10. The Morgan fingerprint density at radius 2 is 1.51 bits per heavy atom. The molecule has 3 aromatic carbocycles. The fourth-order valence-corrected chi connectivity index (χ4v) is 5.45. The number of hydrogen-bond acceptors (Lipinski definition) is 4. The highest BCUT2D eigenvalue weighted by atomic mass is 79.9. The number of rotatable bonds is 12. The monoisotopic (exact) mass is 585 g/mol. The zero-order valence-electron chi connectivity index (χ0n) is 21.0. The average molecular weight is 587 g/mol. The zero-order chi connectivity index (χ0) is 26.8. The van der Waals surface area contributed by atoms with E-state index in [1.54, 1.807) is 55.5 Å². The van der Waals surface area contributed by atoms with Crippen LogP contribution in [0.25, 0.3) is 0 Å². The van der Waals surface area contributed by atoms with Crippen molar-refractivity contribution in [2.75, 3.05) is 17.4 Å². The molecule has 0 bridgehead atoms. The van der Waals surface area contributed by atoms with E-state index in [0.717, 1.165) is 27.2 Å². The van der Waals surface area contributed by atoms with Crippen molar-refractivity contribution in [2.45, 2.75) is 44.2 Å². The molecule has 0 radical (unpaired) electrons. The summed E-state index contributed by atoms with van der Waals surface area (Å²) in [7, 11) is -4.05. The van der Waals surface area contributed by atoms with Crippen molar-refractivity contribution >= 4 is 43.5 Å². The van der Waals surface area contributed by atoms with E-state index in [0.29, 0.717) is 12.2 Å². The zero-order valence-corrected chi connectivity index (χ0v) is 23.4. The van der Waals surface area contributed by atoms with Crippen LogP contribution < -0.4 is 9.62 Å². The molecule has 0 saturated heterocycles. The molecule has 1 atom stereocenters. The van der Waals surface area contributed by atoms with Gasteiger partial charge in [0.05, 0.1) is 10.6 Å². The van der Waals surface area contributed by atoms with E-state index in [9.17, 15) is 18.0 Å². The van der Waals surface area contributed by atoms with Crippen molar-refractivity contribution in [3.63, 3.8) is 0 Å². The lowest BCUT2D eigenvalue weighted by atomic mass is 10.1. The largest absolute Gasteiger partial charge is 0.354 e. The van der Waals surface area contributed by atoms with E-state index in [2.05, 4.69) is 21.2 Å². The number of carbonyl (C=O) groups excluding carboxylic acids is 2. The van der Waals surface area contributed by atoms with Crippen molar-refractivity contribution in [3.8, 4) is 0 Å². The molecule has 0 heterocycles. The first-order valence-electron chi connectivity index (χ1n) is 12.2. The molecule has 7 nitrogen and oxygen atoms in total. The van der Waals surface area contributed by atoms with Crippen molar-refractivity contribution in [1.82, 2.24) is 10.2 Å². The summed E-state index contributed by atoms with van der Waals surface area (Å²) in [5.74, 6) is -0.763. The van der Waals surface area contributed by atoms with Gasteiger partial charge in [0.2, 0.25) is 11.8 Å². The molecule has 0 spiro atoms. The topological polar surface area (TPSA) is 86.8 Å². The first-order valence-corrected chi connectivity index (χ1v) is 14.4. The number of halogens is 1. The standard InChI is InChI=1S/C28H32BrN3O4S/c1-3-4-19-30-28(34)22(2)31(20-23-15-17-24(29)18-16-23)27(33)21-32(25-11-7-5-8-12-25)37(35,36)26-13-9-6-10-14-26/h5-18,22H,3-4,19-21H2,1-2H3,(H,30,34)/t22-/m0/s1. The molecule has 0 aliphatic rings. The number of nitrogens with one attached hydrogen (secondary N) is 1. The summed E-state index contributed by atoms with van der Waals surface area (Å²) in [4.78, 5) is 28.2. The molecule has 3 aromatic rings. The van der Waals surface area contributed by atoms with Gasteiger partial charge in [0.25, 0.3) is 10.0 Å². The maximum atomic E-state index is 13.8. The quantitative estimate of drug-likeness (QED) is 0.304. The predicted molar refractivity (Wildman–Crippen MR) is 149 cm³/mol. The van der Waals surface area contributed by atoms with Crippen LogP contribution in [0.1, 0.15) is 32.3 Å². The highest BCUT2D eigenvalue weighted by Gasteiger charge is 2.32. The molecular weight excluding hydrogens is 554 g/mol. The van der Waals surface area contributed by atoms with Crippen LogP contribution in [0.2, 0.25) is 0 Å². The smallest absolute Gasteiger partial charge is 0.264 e. The number of carbonyl (C=O) groups is 2. The number of sulfonamides is 1. The Kier molecular flexibility index (Phi) is 10.3. The Labute approximate surface area is 227 Å². The Morgan fingerprint density at radius 1 is 0.919 bits per heavy atom. The highest BCUT2D eigenvalue weighted by Crippen LogP contribution is 2.24. The average Bonchev–Trinajstić information content (AvgIpc) is 2.91. The number of amides is 2.